The van der Waals surface area contributed by atoms with Crippen LogP contribution in [0.5, 0.6) is 0 Å². The van der Waals surface area contributed by atoms with Crippen molar-refractivity contribution in [1.82, 2.24) is 9.38 Å². The summed E-state index contributed by atoms with van der Waals surface area (Å²) in [4.78, 5) is 4.23. The number of hydrogen-bond acceptors (Lipinski definition) is 3. The molecule has 0 amide bonds. The topological polar surface area (TPSA) is 63.5 Å². The molecule has 3 N–H and O–H groups in total. The summed E-state index contributed by atoms with van der Waals surface area (Å²) in [6.45, 7) is 0.0000664. The first kappa shape index (κ1) is 9.18. The van der Waals surface area contributed by atoms with Crippen LogP contribution in [0.15, 0.2) is 30.6 Å². The van der Waals surface area contributed by atoms with Crippen LogP contribution in [0.1, 0.15) is 5.69 Å². The minimum Gasteiger partial charge on any atom is -0.395 e. The zero-order chi connectivity index (χ0) is 9.97. The van der Waals surface area contributed by atoms with Gasteiger partial charge in [-0.25, -0.2) is 4.98 Å². The highest BCUT2D eigenvalue weighted by molar-refractivity contribution is 5.39. The molecule has 0 aliphatic carbocycles. The predicted molar refractivity (Wildman–Crippen MR) is 54.0 cm³/mol. The van der Waals surface area contributed by atoms with Crippen molar-refractivity contribution in [3.8, 4) is 0 Å². The van der Waals surface area contributed by atoms with Crippen LogP contribution in [0.4, 0.5) is 0 Å². The summed E-state index contributed by atoms with van der Waals surface area (Å²) in [6, 6.07) is 5.62. The maximum Gasteiger partial charge on any atom is 0.136 e. The number of aliphatic hydroxyl groups excluding tert-OH is 1. The Bertz CT molecular complexity index is 424. The van der Waals surface area contributed by atoms with Gasteiger partial charge in [0.25, 0.3) is 0 Å². The summed E-state index contributed by atoms with van der Waals surface area (Å²) in [7, 11) is 0. The maximum absolute atomic E-state index is 8.85. The molecule has 0 saturated carbocycles. The van der Waals surface area contributed by atoms with E-state index in [1.807, 2.05) is 28.8 Å². The van der Waals surface area contributed by atoms with Crippen molar-refractivity contribution in [3.05, 3.63) is 36.3 Å². The highest BCUT2D eigenvalue weighted by atomic mass is 16.3. The van der Waals surface area contributed by atoms with Crippen LogP contribution in [0.2, 0.25) is 0 Å². The molecular formula is C10H13N3O. The molecule has 1 atom stereocenters. The molecule has 0 aliphatic rings. The van der Waals surface area contributed by atoms with Crippen molar-refractivity contribution in [2.75, 3.05) is 6.61 Å². The minimum absolute atomic E-state index is 0.0000664. The van der Waals surface area contributed by atoms with Gasteiger partial charge in [0.1, 0.15) is 5.65 Å². The summed E-state index contributed by atoms with van der Waals surface area (Å²) in [5, 5.41) is 8.85. The third-order valence-electron chi connectivity index (χ3n) is 2.20. The molecule has 2 heterocycles. The largest absolute Gasteiger partial charge is 0.395 e. The van der Waals surface area contributed by atoms with Gasteiger partial charge in [-0.2, -0.15) is 0 Å². The van der Waals surface area contributed by atoms with Gasteiger partial charge in [0.05, 0.1) is 6.61 Å². The Morgan fingerprint density at radius 1 is 1.50 bits per heavy atom. The van der Waals surface area contributed by atoms with Crippen LogP contribution in [0, 0.1) is 0 Å². The lowest BCUT2D eigenvalue weighted by Gasteiger charge is -2.06. The predicted octanol–water partition coefficient (Wildman–Crippen LogP) is 0.196. The standard InChI is InChI=1S/C10H13N3O/c11-8(7-14)5-9-6-12-10-3-1-2-4-13(9)10/h1-4,6,8,14H,5,7,11H2. The zero-order valence-electron chi connectivity index (χ0n) is 7.80. The van der Waals surface area contributed by atoms with E-state index in [0.717, 1.165) is 11.3 Å². The molecule has 4 nitrogen and oxygen atoms in total. The SMILES string of the molecule is NC(CO)Cc1cnc2ccccn12. The average molecular weight is 191 g/mol. The summed E-state index contributed by atoms with van der Waals surface area (Å²) in [5.74, 6) is 0. The molecule has 0 bridgehead atoms. The first-order chi connectivity index (χ1) is 6.81. The fraction of sp³-hybridized carbons (Fsp3) is 0.300. The molecule has 0 radical (unpaired) electrons. The number of nitrogens with two attached hydrogens (primary N) is 1. The van der Waals surface area contributed by atoms with Crippen LogP contribution in [0.25, 0.3) is 5.65 Å². The van der Waals surface area contributed by atoms with Gasteiger partial charge in [0, 0.05) is 30.6 Å². The molecule has 14 heavy (non-hydrogen) atoms. The number of aromatic nitrogens is 2. The quantitative estimate of drug-likeness (QED) is 0.728. The lowest BCUT2D eigenvalue weighted by Crippen LogP contribution is -2.27. The highest BCUT2D eigenvalue weighted by Gasteiger charge is 2.06. The number of imidazole rings is 1. The molecular weight excluding hydrogens is 178 g/mol. The fourth-order valence-corrected chi connectivity index (χ4v) is 1.47. The summed E-state index contributed by atoms with van der Waals surface area (Å²) in [6.07, 6.45) is 4.38. The van der Waals surface area contributed by atoms with Crippen LogP contribution in [-0.4, -0.2) is 27.1 Å². The number of pyridine rings is 1. The highest BCUT2D eigenvalue weighted by Crippen LogP contribution is 2.07. The average Bonchev–Trinajstić information content (AvgIpc) is 2.62. The lowest BCUT2D eigenvalue weighted by molar-refractivity contribution is 0.264. The molecule has 0 aromatic carbocycles. The Hall–Kier alpha value is -1.39. The van der Waals surface area contributed by atoms with Crippen LogP contribution in [-0.2, 0) is 6.42 Å². The molecule has 0 aliphatic heterocycles. The van der Waals surface area contributed by atoms with E-state index in [1.54, 1.807) is 6.20 Å². The number of fused-ring (bicyclic) bond motifs is 1. The van der Waals surface area contributed by atoms with Gasteiger partial charge in [-0.1, -0.05) is 6.07 Å². The van der Waals surface area contributed by atoms with Gasteiger partial charge in [-0.3, -0.25) is 0 Å². The Balaban J connectivity index is 2.33. The maximum atomic E-state index is 8.85. The molecule has 4 heteroatoms. The van der Waals surface area contributed by atoms with Crippen molar-refractivity contribution >= 4 is 5.65 Å². The van der Waals surface area contributed by atoms with E-state index in [-0.39, 0.29) is 12.6 Å². The van der Waals surface area contributed by atoms with E-state index in [9.17, 15) is 0 Å². The Kier molecular flexibility index (Phi) is 2.47. The van der Waals surface area contributed by atoms with Crippen molar-refractivity contribution in [2.45, 2.75) is 12.5 Å². The molecule has 2 aromatic heterocycles. The summed E-state index contributed by atoms with van der Waals surface area (Å²) < 4.78 is 1.98. The van der Waals surface area contributed by atoms with Crippen LogP contribution < -0.4 is 5.73 Å². The van der Waals surface area contributed by atoms with Crippen LogP contribution >= 0.6 is 0 Å². The number of hydrogen-bond donors (Lipinski definition) is 2. The molecule has 0 spiro atoms. The zero-order valence-corrected chi connectivity index (χ0v) is 7.80. The Morgan fingerprint density at radius 2 is 2.36 bits per heavy atom. The monoisotopic (exact) mass is 191 g/mol. The molecule has 1 unspecified atom stereocenters. The number of rotatable bonds is 3. The fourth-order valence-electron chi connectivity index (χ4n) is 1.47. The van der Waals surface area contributed by atoms with E-state index in [1.165, 1.54) is 0 Å². The first-order valence-corrected chi connectivity index (χ1v) is 4.58. The smallest absolute Gasteiger partial charge is 0.136 e. The van der Waals surface area contributed by atoms with Crippen molar-refractivity contribution < 1.29 is 5.11 Å². The summed E-state index contributed by atoms with van der Waals surface area (Å²) >= 11 is 0. The number of aliphatic hydroxyl groups is 1. The van der Waals surface area contributed by atoms with Gasteiger partial charge in [0.2, 0.25) is 0 Å². The van der Waals surface area contributed by atoms with Crippen molar-refractivity contribution in [3.63, 3.8) is 0 Å². The molecule has 0 saturated heterocycles. The van der Waals surface area contributed by atoms with Gasteiger partial charge >= 0.3 is 0 Å². The second kappa shape index (κ2) is 3.77. The second-order valence-corrected chi connectivity index (χ2v) is 3.33. The van der Waals surface area contributed by atoms with E-state index in [0.29, 0.717) is 6.42 Å². The Labute approximate surface area is 82.0 Å². The van der Waals surface area contributed by atoms with E-state index >= 15 is 0 Å². The number of nitrogens with zero attached hydrogens (tertiary/aromatic N) is 2. The van der Waals surface area contributed by atoms with Crippen molar-refractivity contribution in [2.24, 2.45) is 5.73 Å². The second-order valence-electron chi connectivity index (χ2n) is 3.33. The van der Waals surface area contributed by atoms with E-state index in [4.69, 9.17) is 10.8 Å². The van der Waals surface area contributed by atoms with E-state index in [2.05, 4.69) is 4.98 Å². The van der Waals surface area contributed by atoms with Gasteiger partial charge < -0.3 is 15.2 Å². The first-order valence-electron chi connectivity index (χ1n) is 4.58. The molecule has 0 fully saturated rings. The third kappa shape index (κ3) is 1.62. The third-order valence-corrected chi connectivity index (χ3v) is 2.20. The van der Waals surface area contributed by atoms with Crippen LogP contribution in [0.3, 0.4) is 0 Å². The molecule has 74 valence electrons. The minimum atomic E-state index is -0.213. The van der Waals surface area contributed by atoms with Gasteiger partial charge in [0.15, 0.2) is 0 Å². The lowest BCUT2D eigenvalue weighted by atomic mass is 10.2. The Morgan fingerprint density at radius 3 is 3.14 bits per heavy atom. The van der Waals surface area contributed by atoms with E-state index < -0.39 is 0 Å². The molecule has 2 rings (SSSR count). The van der Waals surface area contributed by atoms with Gasteiger partial charge in [-0.05, 0) is 12.1 Å². The van der Waals surface area contributed by atoms with Crippen molar-refractivity contribution in [1.29, 1.82) is 0 Å². The molecule has 2 aromatic rings. The summed E-state index contributed by atoms with van der Waals surface area (Å²) in [5.41, 5.74) is 7.60. The van der Waals surface area contributed by atoms with Gasteiger partial charge in [-0.15, -0.1) is 0 Å². The normalized spacial score (nSPS) is 13.3.